The Bertz CT molecular complexity index is 894. The molecule has 0 saturated heterocycles. The fourth-order valence-electron chi connectivity index (χ4n) is 2.23. The summed E-state index contributed by atoms with van der Waals surface area (Å²) in [7, 11) is 1.57. The van der Waals surface area contributed by atoms with Crippen molar-refractivity contribution in [2.24, 2.45) is 0 Å². The summed E-state index contributed by atoms with van der Waals surface area (Å²) in [5, 5.41) is 14.3. The number of nitrogens with zero attached hydrogens (tertiary/aromatic N) is 4. The molecule has 0 fully saturated rings. The van der Waals surface area contributed by atoms with E-state index in [-0.39, 0.29) is 5.91 Å². The molecule has 0 unspecified atom stereocenters. The van der Waals surface area contributed by atoms with E-state index in [2.05, 4.69) is 36.8 Å². The van der Waals surface area contributed by atoms with Crippen LogP contribution in [0.1, 0.15) is 16.2 Å². The molecule has 1 aromatic heterocycles. The van der Waals surface area contributed by atoms with Crippen LogP contribution in [0.2, 0.25) is 0 Å². The lowest BCUT2D eigenvalue weighted by molar-refractivity contribution is 0.102. The van der Waals surface area contributed by atoms with Crippen molar-refractivity contribution in [3.63, 3.8) is 0 Å². The summed E-state index contributed by atoms with van der Waals surface area (Å²) >= 11 is 3.38. The molecular formula is C16H14BrN5O2. The molecule has 3 rings (SSSR count). The van der Waals surface area contributed by atoms with Crippen LogP contribution in [-0.2, 0) is 0 Å². The normalized spacial score (nSPS) is 10.5. The number of aromatic nitrogens is 4. The van der Waals surface area contributed by atoms with Gasteiger partial charge in [-0.3, -0.25) is 4.79 Å². The van der Waals surface area contributed by atoms with Crippen LogP contribution in [0.5, 0.6) is 5.75 Å². The molecule has 2 aromatic carbocycles. The standard InChI is InChI=1S/C16H14BrN5O2/c1-10-19-20-21-22(10)14-9-11(7-8-15(14)24-2)18-16(23)12-5-3-4-6-13(12)17/h3-9H,1-2H3,(H,18,23). The molecule has 1 amide bonds. The summed E-state index contributed by atoms with van der Waals surface area (Å²) in [6.07, 6.45) is 0. The number of anilines is 1. The van der Waals surface area contributed by atoms with Crippen LogP contribution in [-0.4, -0.2) is 33.2 Å². The van der Waals surface area contributed by atoms with Gasteiger partial charge >= 0.3 is 0 Å². The second-order valence-corrected chi connectivity index (χ2v) is 5.81. The number of rotatable bonds is 4. The molecule has 0 aliphatic rings. The molecule has 24 heavy (non-hydrogen) atoms. The van der Waals surface area contributed by atoms with E-state index in [1.807, 2.05) is 18.2 Å². The first-order chi connectivity index (χ1) is 11.6. The van der Waals surface area contributed by atoms with Gasteiger partial charge in [-0.25, -0.2) is 0 Å². The van der Waals surface area contributed by atoms with E-state index < -0.39 is 0 Å². The third kappa shape index (κ3) is 3.13. The van der Waals surface area contributed by atoms with Crippen molar-refractivity contribution >= 4 is 27.5 Å². The molecule has 3 aromatic rings. The number of carbonyl (C=O) groups excluding carboxylic acids is 1. The first-order valence-corrected chi connectivity index (χ1v) is 7.88. The van der Waals surface area contributed by atoms with Crippen molar-refractivity contribution in [2.75, 3.05) is 12.4 Å². The molecule has 7 nitrogen and oxygen atoms in total. The zero-order chi connectivity index (χ0) is 17.1. The van der Waals surface area contributed by atoms with Crippen molar-refractivity contribution < 1.29 is 9.53 Å². The molecule has 122 valence electrons. The van der Waals surface area contributed by atoms with E-state index in [1.165, 1.54) is 0 Å². The summed E-state index contributed by atoms with van der Waals surface area (Å²) in [6.45, 7) is 1.78. The van der Waals surface area contributed by atoms with Gasteiger partial charge in [0.2, 0.25) is 0 Å². The van der Waals surface area contributed by atoms with Crippen LogP contribution in [0, 0.1) is 6.92 Å². The maximum absolute atomic E-state index is 12.4. The van der Waals surface area contributed by atoms with Crippen LogP contribution >= 0.6 is 15.9 Å². The second kappa shape index (κ2) is 6.79. The fourth-order valence-corrected chi connectivity index (χ4v) is 2.70. The van der Waals surface area contributed by atoms with E-state index in [9.17, 15) is 4.79 Å². The second-order valence-electron chi connectivity index (χ2n) is 4.96. The van der Waals surface area contributed by atoms with E-state index >= 15 is 0 Å². The smallest absolute Gasteiger partial charge is 0.256 e. The van der Waals surface area contributed by atoms with Gasteiger partial charge in [-0.2, -0.15) is 4.68 Å². The van der Waals surface area contributed by atoms with Crippen LogP contribution < -0.4 is 10.1 Å². The van der Waals surface area contributed by atoms with E-state index in [4.69, 9.17) is 4.74 Å². The molecule has 8 heteroatoms. The van der Waals surface area contributed by atoms with Crippen LogP contribution in [0.3, 0.4) is 0 Å². The number of ether oxygens (including phenoxy) is 1. The Morgan fingerprint density at radius 3 is 2.71 bits per heavy atom. The minimum Gasteiger partial charge on any atom is -0.494 e. The van der Waals surface area contributed by atoms with Crippen molar-refractivity contribution in [3.8, 4) is 11.4 Å². The van der Waals surface area contributed by atoms with Crippen LogP contribution in [0.15, 0.2) is 46.9 Å². The average Bonchev–Trinajstić information content (AvgIpc) is 3.01. The molecule has 1 N–H and O–H groups in total. The predicted molar refractivity (Wildman–Crippen MR) is 92.5 cm³/mol. The number of aryl methyl sites for hydroxylation is 1. The number of amides is 1. The summed E-state index contributed by atoms with van der Waals surface area (Å²) in [5.74, 6) is 0.999. The minimum absolute atomic E-state index is 0.216. The first-order valence-electron chi connectivity index (χ1n) is 7.09. The number of benzene rings is 2. The number of nitrogens with one attached hydrogen (secondary N) is 1. The minimum atomic E-state index is -0.216. The molecular weight excluding hydrogens is 374 g/mol. The van der Waals surface area contributed by atoms with Gasteiger partial charge in [0, 0.05) is 10.2 Å². The number of tetrazole rings is 1. The van der Waals surface area contributed by atoms with E-state index in [1.54, 1.807) is 43.0 Å². The van der Waals surface area contributed by atoms with Crippen molar-refractivity contribution in [2.45, 2.75) is 6.92 Å². The summed E-state index contributed by atoms with van der Waals surface area (Å²) in [6, 6.07) is 12.5. The highest BCUT2D eigenvalue weighted by Crippen LogP contribution is 2.27. The van der Waals surface area contributed by atoms with Gasteiger partial charge in [0.05, 0.1) is 12.7 Å². The summed E-state index contributed by atoms with van der Waals surface area (Å²) in [4.78, 5) is 12.4. The van der Waals surface area contributed by atoms with Gasteiger partial charge < -0.3 is 10.1 Å². The molecule has 0 radical (unpaired) electrons. The Balaban J connectivity index is 1.94. The van der Waals surface area contributed by atoms with Gasteiger partial charge in [0.1, 0.15) is 11.4 Å². The Hall–Kier alpha value is -2.74. The van der Waals surface area contributed by atoms with E-state index in [0.717, 1.165) is 4.47 Å². The molecule has 0 saturated carbocycles. The molecule has 0 bridgehead atoms. The van der Waals surface area contributed by atoms with Crippen molar-refractivity contribution in [1.82, 2.24) is 20.2 Å². The number of hydrogen-bond donors (Lipinski definition) is 1. The summed E-state index contributed by atoms with van der Waals surface area (Å²) in [5.41, 5.74) is 1.81. The number of hydrogen-bond acceptors (Lipinski definition) is 5. The Labute approximate surface area is 146 Å². The molecule has 0 aliphatic heterocycles. The van der Waals surface area contributed by atoms with Gasteiger partial charge in [0.15, 0.2) is 5.82 Å². The Kier molecular flexibility index (Phi) is 4.57. The summed E-state index contributed by atoms with van der Waals surface area (Å²) < 4.78 is 7.63. The zero-order valence-electron chi connectivity index (χ0n) is 13.0. The van der Waals surface area contributed by atoms with Crippen molar-refractivity contribution in [3.05, 3.63) is 58.3 Å². The molecule has 0 spiro atoms. The highest BCUT2D eigenvalue weighted by Gasteiger charge is 2.14. The van der Waals surface area contributed by atoms with Crippen LogP contribution in [0.4, 0.5) is 5.69 Å². The lowest BCUT2D eigenvalue weighted by Gasteiger charge is -2.12. The quantitative estimate of drug-likeness (QED) is 0.743. The molecule has 0 atom stereocenters. The third-order valence-electron chi connectivity index (χ3n) is 3.41. The lowest BCUT2D eigenvalue weighted by Crippen LogP contribution is -2.13. The van der Waals surface area contributed by atoms with Gasteiger partial charge in [-0.15, -0.1) is 5.10 Å². The number of halogens is 1. The maximum Gasteiger partial charge on any atom is 0.256 e. The largest absolute Gasteiger partial charge is 0.494 e. The monoisotopic (exact) mass is 387 g/mol. The topological polar surface area (TPSA) is 81.9 Å². The first kappa shape index (κ1) is 16.1. The van der Waals surface area contributed by atoms with Gasteiger partial charge in [0.25, 0.3) is 5.91 Å². The Morgan fingerprint density at radius 1 is 1.25 bits per heavy atom. The predicted octanol–water partition coefficient (Wildman–Crippen LogP) is 2.99. The highest BCUT2D eigenvalue weighted by molar-refractivity contribution is 9.10. The van der Waals surface area contributed by atoms with Crippen molar-refractivity contribution in [1.29, 1.82) is 0 Å². The lowest BCUT2D eigenvalue weighted by atomic mass is 10.2. The molecule has 0 aliphatic carbocycles. The fraction of sp³-hybridized carbons (Fsp3) is 0.125. The van der Waals surface area contributed by atoms with Crippen LogP contribution in [0.25, 0.3) is 5.69 Å². The highest BCUT2D eigenvalue weighted by atomic mass is 79.9. The SMILES string of the molecule is COc1ccc(NC(=O)c2ccccc2Br)cc1-n1nnnc1C. The maximum atomic E-state index is 12.4. The zero-order valence-corrected chi connectivity index (χ0v) is 14.6. The molecule has 1 heterocycles. The van der Waals surface area contributed by atoms with Gasteiger partial charge in [-0.05, 0) is 63.6 Å². The third-order valence-corrected chi connectivity index (χ3v) is 4.10. The average molecular weight is 388 g/mol. The van der Waals surface area contributed by atoms with E-state index in [0.29, 0.717) is 28.5 Å². The number of methoxy groups -OCH3 is 1. The Morgan fingerprint density at radius 2 is 2.04 bits per heavy atom. The number of carbonyl (C=O) groups is 1. The van der Waals surface area contributed by atoms with Gasteiger partial charge in [-0.1, -0.05) is 12.1 Å².